The lowest BCUT2D eigenvalue weighted by atomic mass is 9.70. The smallest absolute Gasteiger partial charge is 0.0600 e. The number of halogens is 1. The highest BCUT2D eigenvalue weighted by Gasteiger charge is 2.47. The van der Waals surface area contributed by atoms with E-state index in [4.69, 9.17) is 16.3 Å². The first-order valence-electron chi connectivity index (χ1n) is 6.38. The second-order valence-corrected chi connectivity index (χ2v) is 5.59. The SMILES string of the molecule is Clc1ccc(C2(C3CCCCN3)COC2)cc1. The zero-order valence-corrected chi connectivity index (χ0v) is 10.7. The molecule has 2 nitrogen and oxygen atoms in total. The van der Waals surface area contributed by atoms with Crippen molar-refractivity contribution in [1.82, 2.24) is 5.32 Å². The van der Waals surface area contributed by atoms with E-state index in [1.54, 1.807) is 0 Å². The van der Waals surface area contributed by atoms with Gasteiger partial charge in [-0.1, -0.05) is 30.2 Å². The minimum Gasteiger partial charge on any atom is -0.379 e. The monoisotopic (exact) mass is 251 g/mol. The summed E-state index contributed by atoms with van der Waals surface area (Å²) in [5.41, 5.74) is 1.55. The van der Waals surface area contributed by atoms with Crippen molar-refractivity contribution in [3.05, 3.63) is 34.9 Å². The van der Waals surface area contributed by atoms with Gasteiger partial charge in [-0.25, -0.2) is 0 Å². The zero-order valence-electron chi connectivity index (χ0n) is 9.92. The molecule has 17 heavy (non-hydrogen) atoms. The van der Waals surface area contributed by atoms with Gasteiger partial charge in [-0.2, -0.15) is 0 Å². The fraction of sp³-hybridized carbons (Fsp3) is 0.571. The number of hydrogen-bond donors (Lipinski definition) is 1. The Morgan fingerprint density at radius 3 is 2.47 bits per heavy atom. The van der Waals surface area contributed by atoms with Crippen LogP contribution in [0.2, 0.25) is 5.02 Å². The van der Waals surface area contributed by atoms with E-state index in [2.05, 4.69) is 17.4 Å². The maximum atomic E-state index is 5.96. The molecule has 92 valence electrons. The molecule has 2 fully saturated rings. The second kappa shape index (κ2) is 4.60. The highest BCUT2D eigenvalue weighted by atomic mass is 35.5. The maximum Gasteiger partial charge on any atom is 0.0600 e. The highest BCUT2D eigenvalue weighted by Crippen LogP contribution is 2.39. The van der Waals surface area contributed by atoms with E-state index in [9.17, 15) is 0 Å². The summed E-state index contributed by atoms with van der Waals surface area (Å²) in [6.07, 6.45) is 3.88. The second-order valence-electron chi connectivity index (χ2n) is 5.16. The molecule has 1 aromatic carbocycles. The van der Waals surface area contributed by atoms with Crippen LogP contribution < -0.4 is 5.32 Å². The van der Waals surface area contributed by atoms with Crippen molar-refractivity contribution in [3.8, 4) is 0 Å². The van der Waals surface area contributed by atoms with Gasteiger partial charge in [0.15, 0.2) is 0 Å². The Balaban J connectivity index is 1.87. The van der Waals surface area contributed by atoms with Crippen LogP contribution in [0.1, 0.15) is 24.8 Å². The van der Waals surface area contributed by atoms with Crippen LogP contribution in [0.15, 0.2) is 24.3 Å². The molecule has 0 aromatic heterocycles. The zero-order chi connectivity index (χ0) is 11.7. The van der Waals surface area contributed by atoms with Crippen molar-refractivity contribution in [2.45, 2.75) is 30.7 Å². The van der Waals surface area contributed by atoms with Crippen LogP contribution in [0.4, 0.5) is 0 Å². The van der Waals surface area contributed by atoms with Gasteiger partial charge in [0, 0.05) is 11.1 Å². The van der Waals surface area contributed by atoms with Crippen LogP contribution in [0, 0.1) is 0 Å². The van der Waals surface area contributed by atoms with Crippen molar-refractivity contribution in [2.75, 3.05) is 19.8 Å². The standard InChI is InChI=1S/C14H18ClNO/c15-12-6-4-11(5-7-12)14(9-17-10-14)13-3-1-2-8-16-13/h4-7,13,16H,1-3,8-10H2. The fourth-order valence-corrected chi connectivity index (χ4v) is 3.12. The Hall–Kier alpha value is -0.570. The summed E-state index contributed by atoms with van der Waals surface area (Å²) in [4.78, 5) is 0. The quantitative estimate of drug-likeness (QED) is 0.873. The molecule has 2 saturated heterocycles. The number of ether oxygens (including phenoxy) is 1. The van der Waals surface area contributed by atoms with Gasteiger partial charge in [-0.3, -0.25) is 0 Å². The van der Waals surface area contributed by atoms with Crippen LogP contribution in [0.3, 0.4) is 0 Å². The van der Waals surface area contributed by atoms with Crippen LogP contribution >= 0.6 is 11.6 Å². The lowest BCUT2D eigenvalue weighted by Gasteiger charge is -2.49. The molecule has 3 heteroatoms. The molecule has 0 amide bonds. The Bertz CT molecular complexity index is 380. The Labute approximate surface area is 107 Å². The predicted molar refractivity (Wildman–Crippen MR) is 69.6 cm³/mol. The number of hydrogen-bond acceptors (Lipinski definition) is 2. The maximum absolute atomic E-state index is 5.96. The van der Waals surface area contributed by atoms with Crippen molar-refractivity contribution in [2.24, 2.45) is 0 Å². The summed E-state index contributed by atoms with van der Waals surface area (Å²) >= 11 is 5.96. The van der Waals surface area contributed by atoms with Gasteiger partial charge in [0.25, 0.3) is 0 Å². The topological polar surface area (TPSA) is 21.3 Å². The summed E-state index contributed by atoms with van der Waals surface area (Å²) in [6.45, 7) is 2.82. The third-order valence-electron chi connectivity index (χ3n) is 4.12. The minimum absolute atomic E-state index is 0.186. The first kappa shape index (κ1) is 11.5. The largest absolute Gasteiger partial charge is 0.379 e. The Morgan fingerprint density at radius 2 is 1.94 bits per heavy atom. The Kier molecular flexibility index (Phi) is 3.12. The van der Waals surface area contributed by atoms with Crippen molar-refractivity contribution in [3.63, 3.8) is 0 Å². The number of rotatable bonds is 2. The van der Waals surface area contributed by atoms with Crippen molar-refractivity contribution in [1.29, 1.82) is 0 Å². The summed E-state index contributed by atoms with van der Waals surface area (Å²) in [7, 11) is 0. The predicted octanol–water partition coefficient (Wildman–Crippen LogP) is 2.75. The number of piperidine rings is 1. The number of benzene rings is 1. The van der Waals surface area contributed by atoms with E-state index in [1.807, 2.05) is 12.1 Å². The average Bonchev–Trinajstić information content (AvgIpc) is 2.32. The molecular formula is C14H18ClNO. The van der Waals surface area contributed by atoms with Gasteiger partial charge in [-0.15, -0.1) is 0 Å². The van der Waals surface area contributed by atoms with Gasteiger partial charge < -0.3 is 10.1 Å². The first-order chi connectivity index (χ1) is 8.31. The van der Waals surface area contributed by atoms with E-state index in [0.717, 1.165) is 24.8 Å². The molecule has 1 N–H and O–H groups in total. The third-order valence-corrected chi connectivity index (χ3v) is 4.37. The summed E-state index contributed by atoms with van der Waals surface area (Å²) in [6, 6.07) is 8.84. The van der Waals surface area contributed by atoms with Gasteiger partial charge in [0.1, 0.15) is 0 Å². The molecule has 1 aromatic rings. The molecular weight excluding hydrogens is 234 g/mol. The van der Waals surface area contributed by atoms with Gasteiger partial charge in [0.05, 0.1) is 18.6 Å². The Morgan fingerprint density at radius 1 is 1.18 bits per heavy atom. The molecule has 2 aliphatic heterocycles. The number of nitrogens with one attached hydrogen (secondary N) is 1. The molecule has 0 bridgehead atoms. The molecule has 1 unspecified atom stereocenters. The van der Waals surface area contributed by atoms with E-state index in [-0.39, 0.29) is 5.41 Å². The third kappa shape index (κ3) is 1.99. The molecule has 0 spiro atoms. The molecule has 0 radical (unpaired) electrons. The van der Waals surface area contributed by atoms with Gasteiger partial charge >= 0.3 is 0 Å². The van der Waals surface area contributed by atoms with E-state index < -0.39 is 0 Å². The molecule has 0 saturated carbocycles. The average molecular weight is 252 g/mol. The summed E-state index contributed by atoms with van der Waals surface area (Å²) < 4.78 is 5.50. The van der Waals surface area contributed by atoms with Crippen LogP contribution in [0.5, 0.6) is 0 Å². The van der Waals surface area contributed by atoms with Crippen molar-refractivity contribution < 1.29 is 4.74 Å². The molecule has 1 atom stereocenters. The lowest BCUT2D eigenvalue weighted by Crippen LogP contribution is -2.61. The highest BCUT2D eigenvalue weighted by molar-refractivity contribution is 6.30. The van der Waals surface area contributed by atoms with Crippen molar-refractivity contribution >= 4 is 11.6 Å². The van der Waals surface area contributed by atoms with Crippen LogP contribution in [-0.2, 0) is 10.2 Å². The van der Waals surface area contributed by atoms with Gasteiger partial charge in [-0.05, 0) is 37.1 Å². The molecule has 2 aliphatic rings. The summed E-state index contributed by atoms with van der Waals surface area (Å²) in [5.74, 6) is 0. The molecule has 3 rings (SSSR count). The molecule has 2 heterocycles. The van der Waals surface area contributed by atoms with Gasteiger partial charge in [0.2, 0.25) is 0 Å². The van der Waals surface area contributed by atoms with E-state index in [0.29, 0.717) is 6.04 Å². The van der Waals surface area contributed by atoms with E-state index >= 15 is 0 Å². The van der Waals surface area contributed by atoms with E-state index in [1.165, 1.54) is 24.8 Å². The normalized spacial score (nSPS) is 27.5. The molecule has 0 aliphatic carbocycles. The van der Waals surface area contributed by atoms with Crippen LogP contribution in [-0.4, -0.2) is 25.8 Å². The lowest BCUT2D eigenvalue weighted by molar-refractivity contribution is -0.0827. The first-order valence-corrected chi connectivity index (χ1v) is 6.76. The summed E-state index contributed by atoms with van der Waals surface area (Å²) in [5, 5.41) is 4.47. The van der Waals surface area contributed by atoms with Crippen LogP contribution in [0.25, 0.3) is 0 Å². The minimum atomic E-state index is 0.186. The fourth-order valence-electron chi connectivity index (χ4n) is 3.00.